The zero-order valence-corrected chi connectivity index (χ0v) is 21.5. The van der Waals surface area contributed by atoms with Gasteiger partial charge in [-0.1, -0.05) is 78.3 Å². The summed E-state index contributed by atoms with van der Waals surface area (Å²) in [6.45, 7) is 18.2. The Kier molecular flexibility index (Phi) is 6.02. The van der Waals surface area contributed by atoms with Crippen molar-refractivity contribution in [3.8, 4) is 21.7 Å². The number of aromatic nitrogens is 1. The smallest absolute Gasteiger partial charge is 0.0709 e. The first-order chi connectivity index (χ1) is 15.0. The minimum atomic E-state index is 0.119. The quantitative estimate of drug-likeness (QED) is 0.307. The van der Waals surface area contributed by atoms with E-state index in [2.05, 4.69) is 110 Å². The van der Waals surface area contributed by atoms with E-state index in [4.69, 9.17) is 4.98 Å². The molecule has 4 aromatic rings. The summed E-state index contributed by atoms with van der Waals surface area (Å²) in [4.78, 5) is 6.23. The van der Waals surface area contributed by atoms with Gasteiger partial charge in [-0.25, -0.2) is 0 Å². The molecule has 2 heteroatoms. The molecular weight excluding hydrogens is 406 g/mol. The van der Waals surface area contributed by atoms with Gasteiger partial charge in [0.2, 0.25) is 0 Å². The summed E-state index contributed by atoms with van der Waals surface area (Å²) in [7, 11) is 0. The molecule has 0 radical (unpaired) electrons. The van der Waals surface area contributed by atoms with Crippen LogP contribution >= 0.6 is 11.3 Å². The molecule has 2 aromatic heterocycles. The normalized spacial score (nSPS) is 12.3. The summed E-state index contributed by atoms with van der Waals surface area (Å²) in [6, 6.07) is 18.3. The predicted molar refractivity (Wildman–Crippen MR) is 142 cm³/mol. The molecule has 0 unspecified atom stereocenters. The van der Waals surface area contributed by atoms with E-state index in [1.807, 2.05) is 11.3 Å². The summed E-state index contributed by atoms with van der Waals surface area (Å²) in [5.41, 5.74) is 9.31. The van der Waals surface area contributed by atoms with Crippen molar-refractivity contribution in [1.82, 2.24) is 4.98 Å². The molecule has 0 spiro atoms. The maximum atomic E-state index is 4.87. The van der Waals surface area contributed by atoms with Crippen molar-refractivity contribution in [3.05, 3.63) is 77.0 Å². The molecule has 0 saturated heterocycles. The van der Waals surface area contributed by atoms with Crippen molar-refractivity contribution >= 4 is 21.4 Å². The fourth-order valence-electron chi connectivity index (χ4n) is 4.43. The van der Waals surface area contributed by atoms with Crippen LogP contribution < -0.4 is 0 Å². The lowest BCUT2D eigenvalue weighted by molar-refractivity contribution is 0.590. The zero-order chi connectivity index (χ0) is 23.2. The number of rotatable bonds is 4. The molecule has 0 aliphatic carbocycles. The summed E-state index contributed by atoms with van der Waals surface area (Å²) in [6.07, 6.45) is 2.06. The van der Waals surface area contributed by atoms with Crippen LogP contribution in [0.15, 0.2) is 54.7 Å². The molecule has 0 aliphatic rings. The topological polar surface area (TPSA) is 12.9 Å². The maximum absolute atomic E-state index is 4.87. The molecular formula is C30H35NS. The van der Waals surface area contributed by atoms with Crippen molar-refractivity contribution in [3.63, 3.8) is 0 Å². The Bertz CT molecular complexity index is 1240. The molecule has 32 heavy (non-hydrogen) atoms. The van der Waals surface area contributed by atoms with Gasteiger partial charge in [0.05, 0.1) is 10.4 Å². The second kappa shape index (κ2) is 8.48. The number of fused-ring (bicyclic) bond motifs is 1. The van der Waals surface area contributed by atoms with E-state index >= 15 is 0 Å². The highest BCUT2D eigenvalue weighted by Crippen LogP contribution is 2.42. The molecule has 0 fully saturated rings. The largest absolute Gasteiger partial charge is 0.255 e. The van der Waals surface area contributed by atoms with E-state index in [9.17, 15) is 0 Å². The van der Waals surface area contributed by atoms with Crippen molar-refractivity contribution in [1.29, 1.82) is 0 Å². The Labute approximate surface area is 197 Å². The number of nitrogens with zero attached hydrogens (tertiary/aromatic N) is 1. The van der Waals surface area contributed by atoms with E-state index < -0.39 is 0 Å². The van der Waals surface area contributed by atoms with E-state index in [1.54, 1.807) is 0 Å². The number of thiophene rings is 1. The fraction of sp³-hybridized carbons (Fsp3) is 0.367. The van der Waals surface area contributed by atoms with Crippen LogP contribution in [0.1, 0.15) is 82.6 Å². The summed E-state index contributed by atoms with van der Waals surface area (Å²) >= 11 is 1.87. The summed E-state index contributed by atoms with van der Waals surface area (Å²) < 4.78 is 1.25. The molecule has 4 rings (SSSR count). The number of benzene rings is 2. The molecule has 0 amide bonds. The van der Waals surface area contributed by atoms with Gasteiger partial charge < -0.3 is 0 Å². The Morgan fingerprint density at radius 3 is 2.09 bits per heavy atom. The number of hydrogen-bond acceptors (Lipinski definition) is 2. The van der Waals surface area contributed by atoms with Crippen LogP contribution in [0, 0.1) is 6.92 Å². The summed E-state index contributed by atoms with van der Waals surface area (Å²) in [5.74, 6) is 0.983. The minimum absolute atomic E-state index is 0.119. The molecule has 0 bridgehead atoms. The molecule has 2 aromatic carbocycles. The van der Waals surface area contributed by atoms with Crippen LogP contribution in [0.5, 0.6) is 0 Å². The Morgan fingerprint density at radius 1 is 0.844 bits per heavy atom. The predicted octanol–water partition coefficient (Wildman–Crippen LogP) is 9.48. The Balaban J connectivity index is 1.86. The van der Waals surface area contributed by atoms with Gasteiger partial charge in [-0.15, -0.1) is 11.3 Å². The molecule has 0 saturated carbocycles. The molecule has 166 valence electrons. The second-order valence-corrected chi connectivity index (χ2v) is 11.8. The molecule has 0 N–H and O–H groups in total. The minimum Gasteiger partial charge on any atom is -0.255 e. The van der Waals surface area contributed by atoms with Gasteiger partial charge in [0.25, 0.3) is 0 Å². The molecule has 1 nitrogen and oxygen atoms in total. The van der Waals surface area contributed by atoms with Crippen LogP contribution in [0.25, 0.3) is 31.8 Å². The van der Waals surface area contributed by atoms with Crippen LogP contribution in [-0.2, 0) is 5.41 Å². The van der Waals surface area contributed by atoms with E-state index in [-0.39, 0.29) is 5.41 Å². The van der Waals surface area contributed by atoms with Crippen LogP contribution in [0.4, 0.5) is 0 Å². The van der Waals surface area contributed by atoms with Crippen LogP contribution in [0.3, 0.4) is 0 Å². The van der Waals surface area contributed by atoms with Crippen LogP contribution in [0.2, 0.25) is 0 Å². The Morgan fingerprint density at radius 2 is 1.50 bits per heavy atom. The van der Waals surface area contributed by atoms with Gasteiger partial charge in [0, 0.05) is 16.6 Å². The monoisotopic (exact) mass is 441 g/mol. The zero-order valence-electron chi connectivity index (χ0n) is 20.7. The third kappa shape index (κ3) is 4.38. The first kappa shape index (κ1) is 22.7. The van der Waals surface area contributed by atoms with Crippen molar-refractivity contribution in [2.24, 2.45) is 0 Å². The van der Waals surface area contributed by atoms with Gasteiger partial charge >= 0.3 is 0 Å². The first-order valence-corrected chi connectivity index (χ1v) is 12.5. The lowest BCUT2D eigenvalue weighted by Crippen LogP contribution is -2.11. The lowest BCUT2D eigenvalue weighted by Gasteiger charge is -2.20. The molecule has 0 atom stereocenters. The second-order valence-electron chi connectivity index (χ2n) is 10.7. The summed E-state index contributed by atoms with van der Waals surface area (Å²) in [5, 5.41) is 1.28. The molecule has 0 aliphatic heterocycles. The van der Waals surface area contributed by atoms with Gasteiger partial charge in [-0.3, -0.25) is 4.98 Å². The third-order valence-electron chi connectivity index (χ3n) is 6.26. The van der Waals surface area contributed by atoms with Crippen LogP contribution in [-0.4, -0.2) is 4.98 Å². The average molecular weight is 442 g/mol. The highest BCUT2D eigenvalue weighted by molar-refractivity contribution is 7.22. The third-order valence-corrected chi connectivity index (χ3v) is 7.37. The number of pyridine rings is 1. The number of hydrogen-bond donors (Lipinski definition) is 0. The van der Waals surface area contributed by atoms with Crippen molar-refractivity contribution in [2.45, 2.75) is 72.6 Å². The SMILES string of the molecule is Cc1cc(-c2cc3cc(-c4c(C(C)C)cccc4C(C)C)sc3cn2)cc(C(C)(C)C)c1. The lowest BCUT2D eigenvalue weighted by atomic mass is 9.85. The van der Waals surface area contributed by atoms with Gasteiger partial charge in [0.1, 0.15) is 0 Å². The van der Waals surface area contributed by atoms with Gasteiger partial charge in [-0.2, -0.15) is 0 Å². The highest BCUT2D eigenvalue weighted by atomic mass is 32.1. The average Bonchev–Trinajstić information content (AvgIpc) is 3.15. The van der Waals surface area contributed by atoms with E-state index in [1.165, 1.54) is 48.3 Å². The Hall–Kier alpha value is -2.45. The van der Waals surface area contributed by atoms with Crippen molar-refractivity contribution < 1.29 is 0 Å². The highest BCUT2D eigenvalue weighted by Gasteiger charge is 2.19. The fourth-order valence-corrected chi connectivity index (χ4v) is 5.53. The first-order valence-electron chi connectivity index (χ1n) is 11.7. The van der Waals surface area contributed by atoms with Gasteiger partial charge in [-0.05, 0) is 76.1 Å². The van der Waals surface area contributed by atoms with E-state index in [0.29, 0.717) is 11.8 Å². The van der Waals surface area contributed by atoms with E-state index in [0.717, 1.165) is 5.69 Å². The molecule has 2 heterocycles. The van der Waals surface area contributed by atoms with Gasteiger partial charge in [0.15, 0.2) is 0 Å². The maximum Gasteiger partial charge on any atom is 0.0709 e. The van der Waals surface area contributed by atoms with Crippen molar-refractivity contribution in [2.75, 3.05) is 0 Å². The number of aryl methyl sites for hydroxylation is 1. The standard InChI is InChI=1S/C30H35NS/c1-18(2)24-10-9-11-25(19(3)4)29(24)27-16-22-15-26(31-17-28(22)32-27)21-12-20(5)13-23(14-21)30(6,7)8/h9-19H,1-8H3.